The van der Waals surface area contributed by atoms with Crippen molar-refractivity contribution in [2.75, 3.05) is 13.1 Å². The van der Waals surface area contributed by atoms with E-state index < -0.39 is 44.5 Å². The highest BCUT2D eigenvalue weighted by atomic mass is 32.3. The number of nitrogens with zero attached hydrogens (tertiary/aromatic N) is 2. The van der Waals surface area contributed by atoms with Gasteiger partial charge in [-0.05, 0) is 57.6 Å². The number of ether oxygens (including phenoxy) is 1. The van der Waals surface area contributed by atoms with Gasteiger partial charge in [-0.3, -0.25) is 14.9 Å². The third kappa shape index (κ3) is 4.77. The number of nitrogens with one attached hydrogen (secondary N) is 1. The Bertz CT molecular complexity index is 1260. The van der Waals surface area contributed by atoms with Crippen molar-refractivity contribution in [3.63, 3.8) is 0 Å². The molecule has 3 heterocycles. The summed E-state index contributed by atoms with van der Waals surface area (Å²) in [6, 6.07) is 3.07. The summed E-state index contributed by atoms with van der Waals surface area (Å²) in [5, 5.41) is 6.31. The molecule has 34 heavy (non-hydrogen) atoms. The van der Waals surface area contributed by atoms with Gasteiger partial charge in [0.05, 0.1) is 5.92 Å². The fourth-order valence-electron chi connectivity index (χ4n) is 4.49. The lowest BCUT2D eigenvalue weighted by Crippen LogP contribution is -2.41. The highest BCUT2D eigenvalue weighted by Gasteiger charge is 2.36. The fraction of sp³-hybridized carbons (Fsp3) is 0.545. The second-order valence-electron chi connectivity index (χ2n) is 9.61. The van der Waals surface area contributed by atoms with Gasteiger partial charge in [-0.2, -0.15) is 8.42 Å². The maximum atomic E-state index is 14.5. The van der Waals surface area contributed by atoms with E-state index in [-0.39, 0.29) is 41.0 Å². The van der Waals surface area contributed by atoms with Gasteiger partial charge in [0.25, 0.3) is 0 Å². The summed E-state index contributed by atoms with van der Waals surface area (Å²) >= 11 is 0. The lowest BCUT2D eigenvalue weighted by molar-refractivity contribution is -0.134. The molecule has 4 rings (SSSR count). The minimum atomic E-state index is -5.20. The number of hydrogen-bond acceptors (Lipinski definition) is 8. The monoisotopic (exact) mass is 495 g/mol. The molecule has 12 heteroatoms. The number of aromatic nitrogens is 1. The number of rotatable bonds is 3. The Hall–Kier alpha value is -3.02. The first-order valence-corrected chi connectivity index (χ1v) is 12.4. The zero-order valence-electron chi connectivity index (χ0n) is 19.1. The van der Waals surface area contributed by atoms with E-state index in [9.17, 15) is 26.7 Å². The molecule has 184 valence electrons. The zero-order chi connectivity index (χ0) is 24.8. The molecule has 1 N–H and O–H groups in total. The van der Waals surface area contributed by atoms with Gasteiger partial charge in [0, 0.05) is 24.9 Å². The molecular formula is C22H26FN3O7S. The number of halogens is 1. The van der Waals surface area contributed by atoms with Gasteiger partial charge in [-0.15, -0.1) is 3.89 Å². The number of likely N-dealkylation sites (tertiary alicyclic amines) is 1. The quantitative estimate of drug-likeness (QED) is 0.507. The summed E-state index contributed by atoms with van der Waals surface area (Å²) < 4.78 is 49.5. The second-order valence-corrected chi connectivity index (χ2v) is 10.9. The molecule has 1 aromatic carbocycles. The maximum absolute atomic E-state index is 14.5. The predicted molar refractivity (Wildman–Crippen MR) is 117 cm³/mol. The summed E-state index contributed by atoms with van der Waals surface area (Å²) in [7, 11) is -5.20. The number of hydrogen-bond donors (Lipinski definition) is 1. The van der Waals surface area contributed by atoms with Crippen LogP contribution in [-0.4, -0.2) is 55.1 Å². The molecule has 3 amide bonds. The van der Waals surface area contributed by atoms with Crippen LogP contribution < -0.4 is 5.32 Å². The number of fused-ring (bicyclic) bond motifs is 1. The Balaban J connectivity index is 1.64. The third-order valence-corrected chi connectivity index (χ3v) is 6.96. The molecule has 2 saturated heterocycles. The highest BCUT2D eigenvalue weighted by molar-refractivity contribution is 7.86. The molecule has 2 aromatic rings. The van der Waals surface area contributed by atoms with Crippen molar-refractivity contribution in [3.05, 3.63) is 23.4 Å². The average Bonchev–Trinajstić information content (AvgIpc) is 3.15. The molecule has 0 saturated carbocycles. The number of piperidine rings is 2. The van der Waals surface area contributed by atoms with Crippen LogP contribution in [0.15, 0.2) is 21.6 Å². The first-order valence-electron chi connectivity index (χ1n) is 11.0. The molecule has 0 aliphatic carbocycles. The Morgan fingerprint density at radius 3 is 2.47 bits per heavy atom. The predicted octanol–water partition coefficient (Wildman–Crippen LogP) is 3.12. The topological polar surface area (TPSA) is 136 Å². The third-order valence-electron chi connectivity index (χ3n) is 6.05. The van der Waals surface area contributed by atoms with Crippen LogP contribution in [-0.2, 0) is 24.5 Å². The van der Waals surface area contributed by atoms with Crippen LogP contribution in [0.4, 0.5) is 8.68 Å². The lowest BCUT2D eigenvalue weighted by Gasteiger charge is -2.34. The van der Waals surface area contributed by atoms with Crippen LogP contribution in [0.25, 0.3) is 11.0 Å². The van der Waals surface area contributed by atoms with Crippen molar-refractivity contribution < 1.29 is 35.9 Å². The normalized spacial score (nSPS) is 20.5. The van der Waals surface area contributed by atoms with Crippen LogP contribution in [0.2, 0.25) is 0 Å². The summed E-state index contributed by atoms with van der Waals surface area (Å²) in [4.78, 5) is 37.0. The molecule has 2 fully saturated rings. The van der Waals surface area contributed by atoms with Crippen molar-refractivity contribution >= 4 is 39.1 Å². The number of amides is 3. The van der Waals surface area contributed by atoms with Crippen molar-refractivity contribution in [3.8, 4) is 0 Å². The van der Waals surface area contributed by atoms with E-state index in [1.54, 1.807) is 31.7 Å². The Kier molecular flexibility index (Phi) is 6.13. The van der Waals surface area contributed by atoms with E-state index in [4.69, 9.17) is 9.26 Å². The SMILES string of the molecule is CC(C)(C)OC(=O)N1CCC(c2ccc3c(C4CCC(=O)NC4=O)noc3c2S(=O)(=O)F)CC1. The van der Waals surface area contributed by atoms with Crippen LogP contribution in [0.1, 0.15) is 69.5 Å². The minimum Gasteiger partial charge on any atom is -0.444 e. The van der Waals surface area contributed by atoms with Gasteiger partial charge in [-0.25, -0.2) is 4.79 Å². The highest BCUT2D eigenvalue weighted by Crippen LogP contribution is 2.40. The first-order chi connectivity index (χ1) is 15.8. The number of benzene rings is 1. The molecule has 10 nitrogen and oxygen atoms in total. The van der Waals surface area contributed by atoms with Crippen molar-refractivity contribution in [2.24, 2.45) is 0 Å². The average molecular weight is 496 g/mol. The standard InChI is InChI=1S/C22H26FN3O7S/c1-22(2,3)32-21(29)26-10-8-12(9-11-26)13-4-5-14-17(15-6-7-16(27)24-20(15)28)25-33-18(14)19(13)34(23,30)31/h4-5,12,15H,6-11H2,1-3H3,(H,24,27,28). The lowest BCUT2D eigenvalue weighted by atomic mass is 9.88. The van der Waals surface area contributed by atoms with E-state index in [1.165, 1.54) is 6.07 Å². The fourth-order valence-corrected chi connectivity index (χ4v) is 5.38. The van der Waals surface area contributed by atoms with Crippen LogP contribution in [0, 0.1) is 0 Å². The maximum Gasteiger partial charge on any atom is 0.410 e. The van der Waals surface area contributed by atoms with Crippen molar-refractivity contribution in [1.29, 1.82) is 0 Å². The number of carbonyl (C=O) groups is 3. The first kappa shape index (κ1) is 24.1. The zero-order valence-corrected chi connectivity index (χ0v) is 19.9. The number of imide groups is 1. The van der Waals surface area contributed by atoms with Gasteiger partial charge in [0.15, 0.2) is 5.58 Å². The van der Waals surface area contributed by atoms with Crippen LogP contribution in [0.5, 0.6) is 0 Å². The van der Waals surface area contributed by atoms with E-state index in [2.05, 4.69) is 10.5 Å². The van der Waals surface area contributed by atoms with Crippen molar-refractivity contribution in [2.45, 2.75) is 68.8 Å². The van der Waals surface area contributed by atoms with Gasteiger partial charge < -0.3 is 14.2 Å². The second kappa shape index (κ2) is 8.64. The summed E-state index contributed by atoms with van der Waals surface area (Å²) in [5.74, 6) is -2.11. The van der Waals surface area contributed by atoms with Crippen LogP contribution in [0.3, 0.4) is 0 Å². The molecule has 1 unspecified atom stereocenters. The Morgan fingerprint density at radius 1 is 1.21 bits per heavy atom. The Morgan fingerprint density at radius 2 is 1.88 bits per heavy atom. The van der Waals surface area contributed by atoms with E-state index >= 15 is 0 Å². The van der Waals surface area contributed by atoms with Crippen molar-refractivity contribution in [1.82, 2.24) is 15.4 Å². The van der Waals surface area contributed by atoms with E-state index in [0.29, 0.717) is 25.9 Å². The molecule has 1 atom stereocenters. The van der Waals surface area contributed by atoms with E-state index in [0.717, 1.165) is 0 Å². The van der Waals surface area contributed by atoms with Gasteiger partial charge in [0.2, 0.25) is 11.8 Å². The Labute approximate surface area is 196 Å². The van der Waals surface area contributed by atoms with Gasteiger partial charge >= 0.3 is 16.3 Å². The molecule has 0 bridgehead atoms. The molecule has 0 radical (unpaired) electrons. The smallest absolute Gasteiger partial charge is 0.410 e. The summed E-state index contributed by atoms with van der Waals surface area (Å²) in [6.45, 7) is 5.95. The molecule has 0 spiro atoms. The molecule has 2 aliphatic rings. The molecular weight excluding hydrogens is 469 g/mol. The minimum absolute atomic E-state index is 0.104. The summed E-state index contributed by atoms with van der Waals surface area (Å²) in [6.07, 6.45) is 0.647. The number of carbonyl (C=O) groups excluding carboxylic acids is 3. The van der Waals surface area contributed by atoms with Gasteiger partial charge in [-0.1, -0.05) is 11.2 Å². The van der Waals surface area contributed by atoms with Crippen LogP contribution >= 0.6 is 0 Å². The van der Waals surface area contributed by atoms with Gasteiger partial charge in [0.1, 0.15) is 16.2 Å². The molecule has 1 aromatic heterocycles. The molecule has 2 aliphatic heterocycles. The largest absolute Gasteiger partial charge is 0.444 e. The summed E-state index contributed by atoms with van der Waals surface area (Å²) in [5.41, 5.74) is -0.490. The van der Waals surface area contributed by atoms with E-state index in [1.807, 2.05) is 0 Å².